The highest BCUT2D eigenvalue weighted by atomic mass is 16.5. The number of nitrogens with zero attached hydrogens (tertiary/aromatic N) is 2. The summed E-state index contributed by atoms with van der Waals surface area (Å²) in [6, 6.07) is 17.2. The summed E-state index contributed by atoms with van der Waals surface area (Å²) >= 11 is 0. The molecule has 1 aliphatic heterocycles. The second-order valence-electron chi connectivity index (χ2n) is 6.65. The molecule has 3 N–H and O–H groups in total. The zero-order valence-electron chi connectivity index (χ0n) is 15.0. The maximum absolute atomic E-state index is 12.9. The molecule has 6 nitrogen and oxygen atoms in total. The number of para-hydroxylation sites is 1. The van der Waals surface area contributed by atoms with Crippen molar-refractivity contribution >= 4 is 16.6 Å². The number of hydrogen-bond acceptors (Lipinski definition) is 5. The number of nitrogens with one attached hydrogen (secondary N) is 1. The van der Waals surface area contributed by atoms with E-state index in [-0.39, 0.29) is 17.0 Å². The summed E-state index contributed by atoms with van der Waals surface area (Å²) in [7, 11) is 3.91. The topological polar surface area (TPSA) is 95.1 Å². The molecule has 0 fully saturated rings. The number of anilines is 1. The molecule has 0 spiro atoms. The van der Waals surface area contributed by atoms with E-state index in [1.807, 2.05) is 61.5 Å². The normalized spacial score (nSPS) is 15.8. The summed E-state index contributed by atoms with van der Waals surface area (Å²) in [5.41, 5.74) is 8.91. The summed E-state index contributed by atoms with van der Waals surface area (Å²) in [5.74, 6) is -0.140. The summed E-state index contributed by atoms with van der Waals surface area (Å²) < 4.78 is 5.75. The highest BCUT2D eigenvalue weighted by Crippen LogP contribution is 2.43. The van der Waals surface area contributed by atoms with E-state index in [4.69, 9.17) is 10.5 Å². The van der Waals surface area contributed by atoms with Crippen LogP contribution in [0.5, 0.6) is 5.75 Å². The number of aromatic amines is 1. The van der Waals surface area contributed by atoms with Crippen LogP contribution in [0.15, 0.2) is 64.8 Å². The first kappa shape index (κ1) is 16.7. The lowest BCUT2D eigenvalue weighted by atomic mass is 9.83. The molecular formula is C21H18N4O2. The molecule has 2 aromatic carbocycles. The zero-order valence-corrected chi connectivity index (χ0v) is 15.0. The van der Waals surface area contributed by atoms with E-state index < -0.39 is 5.92 Å². The van der Waals surface area contributed by atoms with Crippen LogP contribution in [0, 0.1) is 11.3 Å². The number of aromatic nitrogens is 1. The second kappa shape index (κ2) is 6.22. The molecule has 2 heterocycles. The van der Waals surface area contributed by atoms with E-state index in [1.54, 1.807) is 6.07 Å². The van der Waals surface area contributed by atoms with Crippen molar-refractivity contribution in [3.63, 3.8) is 0 Å². The summed E-state index contributed by atoms with van der Waals surface area (Å²) in [6.45, 7) is 0. The van der Waals surface area contributed by atoms with Gasteiger partial charge in [-0.15, -0.1) is 0 Å². The molecule has 1 unspecified atom stereocenters. The Bertz CT molecular complexity index is 1170. The number of fused-ring (bicyclic) bond motifs is 3. The minimum absolute atomic E-state index is 0.0300. The lowest BCUT2D eigenvalue weighted by Gasteiger charge is -2.27. The molecule has 27 heavy (non-hydrogen) atoms. The van der Waals surface area contributed by atoms with E-state index >= 15 is 0 Å². The predicted octanol–water partition coefficient (Wildman–Crippen LogP) is 2.81. The molecule has 0 aliphatic carbocycles. The Kier molecular flexibility index (Phi) is 3.85. The van der Waals surface area contributed by atoms with Crippen LogP contribution in [-0.4, -0.2) is 19.1 Å². The Labute approximate surface area is 156 Å². The van der Waals surface area contributed by atoms with Crippen molar-refractivity contribution in [2.45, 2.75) is 5.92 Å². The highest BCUT2D eigenvalue weighted by molar-refractivity contribution is 5.87. The highest BCUT2D eigenvalue weighted by Gasteiger charge is 2.34. The van der Waals surface area contributed by atoms with Gasteiger partial charge in [0.05, 0.1) is 17.0 Å². The molecule has 134 valence electrons. The SMILES string of the molecule is CN(C)c1ccc(C2C(C#N)=C(N)Oc3c2c(=O)[nH]c2ccccc32)cc1. The molecule has 3 aromatic rings. The molecule has 4 rings (SSSR count). The average molecular weight is 358 g/mol. The average Bonchev–Trinajstić information content (AvgIpc) is 2.67. The van der Waals surface area contributed by atoms with Crippen molar-refractivity contribution in [3.8, 4) is 11.8 Å². The number of pyridine rings is 1. The van der Waals surface area contributed by atoms with Crippen molar-refractivity contribution in [3.05, 3.63) is 81.5 Å². The summed E-state index contributed by atoms with van der Waals surface area (Å²) in [6.07, 6.45) is 0. The van der Waals surface area contributed by atoms with E-state index in [0.29, 0.717) is 16.8 Å². The third-order valence-corrected chi connectivity index (χ3v) is 4.83. The molecule has 0 saturated heterocycles. The van der Waals surface area contributed by atoms with E-state index in [1.165, 1.54) is 0 Å². The smallest absolute Gasteiger partial charge is 0.256 e. The quantitative estimate of drug-likeness (QED) is 0.734. The lowest BCUT2D eigenvalue weighted by Crippen LogP contribution is -2.27. The molecule has 0 radical (unpaired) electrons. The Morgan fingerprint density at radius 1 is 1.15 bits per heavy atom. The maximum Gasteiger partial charge on any atom is 0.256 e. The van der Waals surface area contributed by atoms with Gasteiger partial charge in [0.2, 0.25) is 5.88 Å². The van der Waals surface area contributed by atoms with Crippen LogP contribution in [0.1, 0.15) is 17.0 Å². The van der Waals surface area contributed by atoms with E-state index in [0.717, 1.165) is 16.6 Å². The number of nitrogens with two attached hydrogens (primary N) is 1. The minimum atomic E-state index is -0.580. The largest absolute Gasteiger partial charge is 0.439 e. The Morgan fingerprint density at radius 3 is 2.52 bits per heavy atom. The number of nitriles is 1. The second-order valence-corrected chi connectivity index (χ2v) is 6.65. The van der Waals surface area contributed by atoms with Crippen LogP contribution >= 0.6 is 0 Å². The molecule has 1 aliphatic rings. The van der Waals surface area contributed by atoms with Crippen LogP contribution in [0.3, 0.4) is 0 Å². The van der Waals surface area contributed by atoms with Crippen LogP contribution < -0.4 is 20.9 Å². The van der Waals surface area contributed by atoms with Crippen LogP contribution in [0.4, 0.5) is 5.69 Å². The molecular weight excluding hydrogens is 340 g/mol. The van der Waals surface area contributed by atoms with Crippen molar-refractivity contribution in [1.82, 2.24) is 4.98 Å². The first-order valence-corrected chi connectivity index (χ1v) is 8.51. The van der Waals surface area contributed by atoms with Gasteiger partial charge in [-0.25, -0.2) is 0 Å². The molecule has 0 amide bonds. The number of allylic oxidation sites excluding steroid dienone is 1. The number of ether oxygens (including phenoxy) is 1. The van der Waals surface area contributed by atoms with Gasteiger partial charge in [0, 0.05) is 25.2 Å². The van der Waals surface area contributed by atoms with Gasteiger partial charge in [0.15, 0.2) is 0 Å². The Hall–Kier alpha value is -3.72. The van der Waals surface area contributed by atoms with Gasteiger partial charge < -0.3 is 20.4 Å². The molecule has 0 bridgehead atoms. The van der Waals surface area contributed by atoms with Crippen molar-refractivity contribution in [1.29, 1.82) is 5.26 Å². The van der Waals surface area contributed by atoms with Crippen molar-refractivity contribution < 1.29 is 4.74 Å². The number of benzene rings is 2. The maximum atomic E-state index is 12.9. The summed E-state index contributed by atoms with van der Waals surface area (Å²) in [4.78, 5) is 17.8. The van der Waals surface area contributed by atoms with Gasteiger partial charge in [-0.3, -0.25) is 4.79 Å². The van der Waals surface area contributed by atoms with Crippen molar-refractivity contribution in [2.75, 3.05) is 19.0 Å². The number of rotatable bonds is 2. The monoisotopic (exact) mass is 358 g/mol. The van der Waals surface area contributed by atoms with Gasteiger partial charge in [0.25, 0.3) is 5.56 Å². The first-order chi connectivity index (χ1) is 13.0. The lowest BCUT2D eigenvalue weighted by molar-refractivity contribution is 0.397. The third kappa shape index (κ3) is 2.61. The van der Waals surface area contributed by atoms with Crippen LogP contribution in [0.2, 0.25) is 0 Å². The number of H-pyrrole nitrogens is 1. The van der Waals surface area contributed by atoms with Crippen LogP contribution in [0.25, 0.3) is 10.9 Å². The summed E-state index contributed by atoms with van der Waals surface area (Å²) in [5, 5.41) is 10.4. The number of hydrogen-bond donors (Lipinski definition) is 2. The Balaban J connectivity index is 2.00. The fraction of sp³-hybridized carbons (Fsp3) is 0.143. The fourth-order valence-electron chi connectivity index (χ4n) is 3.47. The standard InChI is InChI=1S/C21H18N4O2/c1-25(2)13-9-7-12(8-10-13)17-15(11-22)20(23)27-19-14-5-3-4-6-16(14)24-21(26)18(17)19/h3-10,17H,23H2,1-2H3,(H,24,26). The van der Waals surface area contributed by atoms with Crippen molar-refractivity contribution in [2.24, 2.45) is 5.73 Å². The zero-order chi connectivity index (χ0) is 19.1. The molecule has 6 heteroatoms. The third-order valence-electron chi connectivity index (χ3n) is 4.83. The van der Waals surface area contributed by atoms with Gasteiger partial charge in [-0.2, -0.15) is 5.26 Å². The predicted molar refractivity (Wildman–Crippen MR) is 105 cm³/mol. The molecule has 1 aromatic heterocycles. The fourth-order valence-corrected chi connectivity index (χ4v) is 3.47. The van der Waals surface area contributed by atoms with E-state index in [2.05, 4.69) is 11.1 Å². The van der Waals surface area contributed by atoms with Gasteiger partial charge in [-0.05, 0) is 29.8 Å². The first-order valence-electron chi connectivity index (χ1n) is 8.51. The minimum Gasteiger partial charge on any atom is -0.439 e. The van der Waals surface area contributed by atoms with Gasteiger partial charge in [-0.1, -0.05) is 24.3 Å². The van der Waals surface area contributed by atoms with Gasteiger partial charge >= 0.3 is 0 Å². The molecule has 0 saturated carbocycles. The van der Waals surface area contributed by atoms with Gasteiger partial charge in [0.1, 0.15) is 17.4 Å². The Morgan fingerprint density at radius 2 is 1.85 bits per heavy atom. The van der Waals surface area contributed by atoms with Crippen LogP contribution in [-0.2, 0) is 0 Å². The van der Waals surface area contributed by atoms with E-state index in [9.17, 15) is 10.1 Å². The molecule has 1 atom stereocenters.